The molecule has 2 aromatic rings. The Kier molecular flexibility index (Phi) is 36.4. The third kappa shape index (κ3) is 34.8. The third-order valence-electron chi connectivity index (χ3n) is 9.68. The van der Waals surface area contributed by atoms with Crippen LogP contribution in [-0.2, 0) is 81.0 Å². The molecule has 18 heteroatoms. The zero-order valence-corrected chi connectivity index (χ0v) is 46.4. The largest absolute Gasteiger partial charge is 0.468 e. The van der Waals surface area contributed by atoms with Crippen LogP contribution in [0.4, 0.5) is 14.0 Å². The van der Waals surface area contributed by atoms with Crippen LogP contribution in [0.3, 0.4) is 0 Å². The van der Waals surface area contributed by atoms with Gasteiger partial charge in [0, 0.05) is 52.3 Å². The summed E-state index contributed by atoms with van der Waals surface area (Å²) in [4.78, 5) is 96.8. The predicted molar refractivity (Wildman–Crippen MR) is 269 cm³/mol. The van der Waals surface area contributed by atoms with E-state index in [4.69, 9.17) is 18.9 Å². The van der Waals surface area contributed by atoms with E-state index in [1.165, 1.54) is 19.1 Å². The van der Waals surface area contributed by atoms with Crippen molar-refractivity contribution in [2.75, 3.05) is 40.4 Å². The van der Waals surface area contributed by atoms with Gasteiger partial charge < -0.3 is 47.2 Å². The number of nitrogens with zero attached hydrogens (tertiary/aromatic N) is 1. The van der Waals surface area contributed by atoms with Gasteiger partial charge in [0.2, 0.25) is 5.91 Å². The van der Waals surface area contributed by atoms with Crippen molar-refractivity contribution in [3.63, 3.8) is 0 Å². The van der Waals surface area contributed by atoms with Gasteiger partial charge >= 0.3 is 30.2 Å². The van der Waals surface area contributed by atoms with E-state index in [0.717, 1.165) is 11.1 Å². The topological polar surface area (TPSA) is 213 Å². The number of rotatable bonds is 24. The van der Waals surface area contributed by atoms with Crippen molar-refractivity contribution in [2.45, 2.75) is 145 Å². The number of carbonyl (C=O) groups is 8. The fourth-order valence-electron chi connectivity index (χ4n) is 6.39. The Morgan fingerprint density at radius 3 is 1.39 bits per heavy atom. The number of alkyl carbamates (subject to hydrolysis) is 2. The van der Waals surface area contributed by atoms with Crippen LogP contribution in [0.2, 0.25) is 0 Å². The number of halogens is 1. The number of amides is 3. The first-order valence-corrected chi connectivity index (χ1v) is 23.5. The van der Waals surface area contributed by atoms with E-state index in [0.29, 0.717) is 38.1 Å². The van der Waals surface area contributed by atoms with Crippen molar-refractivity contribution in [3.05, 3.63) is 79.2 Å². The van der Waals surface area contributed by atoms with Crippen LogP contribution < -0.4 is 16.0 Å². The van der Waals surface area contributed by atoms with Crippen molar-refractivity contribution in [3.8, 4) is 0 Å². The maximum absolute atomic E-state index is 13.4. The number of hydrogen-bond acceptors (Lipinski definition) is 13. The molecule has 0 saturated heterocycles. The van der Waals surface area contributed by atoms with E-state index < -0.39 is 59.3 Å². The second kappa shape index (κ2) is 36.8. The van der Waals surface area contributed by atoms with Crippen LogP contribution in [0.25, 0.3) is 0 Å². The van der Waals surface area contributed by atoms with Crippen molar-refractivity contribution >= 4 is 47.6 Å². The van der Waals surface area contributed by atoms with E-state index in [9.17, 15) is 42.7 Å². The van der Waals surface area contributed by atoms with Crippen LogP contribution in [0.1, 0.15) is 120 Å². The first kappa shape index (κ1) is 70.2. The van der Waals surface area contributed by atoms with Crippen molar-refractivity contribution in [2.24, 2.45) is 23.7 Å². The summed E-state index contributed by atoms with van der Waals surface area (Å²) in [5.41, 5.74) is 0.741. The zero-order chi connectivity index (χ0) is 52.9. The normalized spacial score (nSPS) is 12.5. The molecule has 0 fully saturated rings. The maximum Gasteiger partial charge on any atom is 0.408 e. The van der Waals surface area contributed by atoms with Crippen LogP contribution >= 0.6 is 0 Å². The third-order valence-corrected chi connectivity index (χ3v) is 9.68. The van der Waals surface area contributed by atoms with Crippen LogP contribution in [-0.4, -0.2) is 116 Å². The minimum Gasteiger partial charge on any atom is -0.468 e. The van der Waals surface area contributed by atoms with E-state index >= 15 is 0 Å². The molecule has 0 radical (unpaired) electrons. The molecule has 3 amide bonds. The van der Waals surface area contributed by atoms with E-state index in [-0.39, 0.29) is 89.7 Å². The molecule has 0 unspecified atom stereocenters. The quantitative estimate of drug-likeness (QED) is 0.0298. The van der Waals surface area contributed by atoms with Gasteiger partial charge in [-0.15, -0.1) is 0 Å². The number of ketones is 2. The molecule has 0 aliphatic carbocycles. The molecule has 2 rings (SSSR count). The molecule has 0 aliphatic heterocycles. The molecule has 4 atom stereocenters. The predicted octanol–water partition coefficient (Wildman–Crippen LogP) is 8.22. The number of hydrogen-bond donors (Lipinski definition) is 3. The summed E-state index contributed by atoms with van der Waals surface area (Å²) >= 11 is 0. The SMILES string of the molecule is COC(=O)[C@H](CC(C)C)N(CCC(=O)CNC(=O)OC(C)(C)C)C(=O)[C@@H](C)Cc1ccccc1.COC(=O)[C@H](CC(C)C)NCCC(=O)CNC(=O)OC(C)(C)C.C[C@@H](Cc1ccccc1)C(=O)F.[CH3-].[Pd]. The Labute approximate surface area is 437 Å². The van der Waals surface area contributed by atoms with Crippen LogP contribution in [0.5, 0.6) is 0 Å². The first-order valence-electron chi connectivity index (χ1n) is 23.5. The Hall–Kier alpha value is -5.05. The van der Waals surface area contributed by atoms with E-state index in [1.807, 2.05) is 95.3 Å². The molecule has 0 bridgehead atoms. The van der Waals surface area contributed by atoms with E-state index in [2.05, 4.69) is 16.0 Å². The zero-order valence-electron chi connectivity index (χ0n) is 44.8. The average molecular weight is 1090 g/mol. The van der Waals surface area contributed by atoms with Gasteiger partial charge in [-0.3, -0.25) is 24.0 Å². The van der Waals surface area contributed by atoms with Gasteiger partial charge in [-0.05, 0) is 90.2 Å². The monoisotopic (exact) mass is 1090 g/mol. The molecule has 0 aliphatic rings. The Balaban J connectivity index is -0.00000107. The molecular formula is C53H84FN4O12Pd-. The number of methoxy groups -OCH3 is 2. The summed E-state index contributed by atoms with van der Waals surface area (Å²) < 4.78 is 32.0. The minimum atomic E-state index is -1.24. The number of Topliss-reactive ketones (excluding diaryl/α,β-unsaturated/α-hetero) is 2. The molecule has 3 N–H and O–H groups in total. The number of ether oxygens (including phenoxy) is 4. The molecule has 71 heavy (non-hydrogen) atoms. The molecular weight excluding hydrogens is 1010 g/mol. The molecule has 16 nitrogen and oxygen atoms in total. The summed E-state index contributed by atoms with van der Waals surface area (Å²) in [6.07, 6.45) is 0.948. The summed E-state index contributed by atoms with van der Waals surface area (Å²) in [7, 11) is 2.63. The average Bonchev–Trinajstić information content (AvgIpc) is 3.26. The molecule has 0 heterocycles. The molecule has 0 spiro atoms. The van der Waals surface area contributed by atoms with Gasteiger partial charge in [0.05, 0.1) is 33.2 Å². The van der Waals surface area contributed by atoms with Crippen LogP contribution in [0, 0.1) is 31.1 Å². The molecule has 2 aromatic carbocycles. The Morgan fingerprint density at radius 1 is 0.606 bits per heavy atom. The second-order valence-corrected chi connectivity index (χ2v) is 19.6. The maximum atomic E-state index is 13.4. The van der Waals surface area contributed by atoms with Gasteiger partial charge in [0.25, 0.3) is 0 Å². The number of carbonyl (C=O) groups excluding carboxylic acids is 8. The fourth-order valence-corrected chi connectivity index (χ4v) is 6.39. The summed E-state index contributed by atoms with van der Waals surface area (Å²) in [5, 5.41) is 7.87. The summed E-state index contributed by atoms with van der Waals surface area (Å²) in [5.74, 6) is -1.92. The van der Waals surface area contributed by atoms with Crippen molar-refractivity contribution in [1.82, 2.24) is 20.9 Å². The number of benzene rings is 2. The number of nitrogens with one attached hydrogen (secondary N) is 3. The molecule has 0 aromatic heterocycles. The Morgan fingerprint density at radius 2 is 1.01 bits per heavy atom. The smallest absolute Gasteiger partial charge is 0.408 e. The standard InChI is InChI=1S/C26H40N2O6.C16H30N2O5.C10H11FO.CH3.Pd/c1-18(2)15-22(24(31)33-7)28(23(30)19(3)16-20-11-9-8-10-12-20)14-13-21(29)17-27-25(32)34-26(4,5)6;1-11(2)9-13(14(20)22-6)17-8-7-12(19)10-18-15(21)23-16(3,4)5;1-8(10(11)12)7-9-5-3-2-4-6-9;;/h8-12,18-19,22H,13-17H2,1-7H3,(H,27,32);11,13,17H,7-10H2,1-6H3,(H,18,21);2-6,8H,7H2,1H3;1H3;/q;;;-1;/t19-,22-;13-;8-;;/m000../s1. The van der Waals surface area contributed by atoms with Crippen molar-refractivity contribution in [1.29, 1.82) is 0 Å². The minimum absolute atomic E-state index is 0. The van der Waals surface area contributed by atoms with Gasteiger partial charge in [0.15, 0.2) is 11.6 Å². The second-order valence-electron chi connectivity index (χ2n) is 19.6. The fraction of sp³-hybridized carbons (Fsp3) is 0.604. The Bertz CT molecular complexity index is 1890. The molecule has 406 valence electrons. The summed E-state index contributed by atoms with van der Waals surface area (Å²) in [6.45, 7) is 21.9. The number of esters is 2. The van der Waals surface area contributed by atoms with Gasteiger partial charge in [0.1, 0.15) is 23.3 Å². The first-order chi connectivity index (χ1) is 32.1. The molecule has 0 saturated carbocycles. The van der Waals surface area contributed by atoms with E-state index in [1.54, 1.807) is 48.5 Å². The van der Waals surface area contributed by atoms with Gasteiger partial charge in [-0.2, -0.15) is 4.39 Å². The van der Waals surface area contributed by atoms with Gasteiger partial charge in [-0.1, -0.05) is 102 Å². The van der Waals surface area contributed by atoms with Crippen molar-refractivity contribution < 1.29 is 82.1 Å². The summed E-state index contributed by atoms with van der Waals surface area (Å²) in [6, 6.07) is 16.6. The van der Waals surface area contributed by atoms with Crippen LogP contribution in [0.15, 0.2) is 60.7 Å². The van der Waals surface area contributed by atoms with Gasteiger partial charge in [-0.25, -0.2) is 14.4 Å².